The predicted molar refractivity (Wildman–Crippen MR) is 131 cm³/mol. The van der Waals surface area contributed by atoms with E-state index in [9.17, 15) is 19.2 Å². The first-order valence-electron chi connectivity index (χ1n) is 12.0. The largest absolute Gasteiger partial charge is 0.426 e. The Morgan fingerprint density at radius 1 is 0.857 bits per heavy atom. The van der Waals surface area contributed by atoms with E-state index in [0.717, 1.165) is 16.8 Å². The molecule has 2 fully saturated rings. The van der Waals surface area contributed by atoms with Crippen molar-refractivity contribution in [2.24, 2.45) is 17.8 Å². The fourth-order valence-electron chi connectivity index (χ4n) is 5.29. The third kappa shape index (κ3) is 4.05. The Kier molecular flexibility index (Phi) is 5.79. The third-order valence-corrected chi connectivity index (χ3v) is 7.25. The minimum Gasteiger partial charge on any atom is -0.426 e. The Morgan fingerprint density at radius 2 is 1.54 bits per heavy atom. The van der Waals surface area contributed by atoms with Crippen molar-refractivity contribution in [1.29, 1.82) is 0 Å². The first kappa shape index (κ1) is 23.0. The summed E-state index contributed by atoms with van der Waals surface area (Å²) < 4.78 is 5.62. The van der Waals surface area contributed by atoms with Crippen LogP contribution in [0.2, 0.25) is 0 Å². The van der Waals surface area contributed by atoms with Crippen molar-refractivity contribution in [2.45, 2.75) is 40.0 Å². The molecule has 1 aliphatic carbocycles. The fourth-order valence-corrected chi connectivity index (χ4v) is 5.29. The number of anilines is 2. The van der Waals surface area contributed by atoms with Crippen LogP contribution in [0.1, 0.15) is 36.0 Å². The topological polar surface area (TPSA) is 84.0 Å². The van der Waals surface area contributed by atoms with Crippen molar-refractivity contribution in [2.75, 3.05) is 16.3 Å². The molecule has 0 bridgehead atoms. The SMILES string of the molecule is Cc1ccc(C)c(N2C[C@H](C(=O)Oc3ccc(N4C(=O)[C@H]5CC=CC[C@@H]5C4=O)c(C)c3)CC2=O)c1. The maximum atomic E-state index is 12.9. The third-order valence-electron chi connectivity index (χ3n) is 7.25. The van der Waals surface area contributed by atoms with Gasteiger partial charge in [0.25, 0.3) is 0 Å². The van der Waals surface area contributed by atoms with Crippen LogP contribution in [-0.2, 0) is 19.2 Å². The number of hydrogen-bond acceptors (Lipinski definition) is 5. The Bertz CT molecular complexity index is 1250. The highest BCUT2D eigenvalue weighted by atomic mass is 16.5. The number of imide groups is 1. The van der Waals surface area contributed by atoms with E-state index < -0.39 is 11.9 Å². The summed E-state index contributed by atoms with van der Waals surface area (Å²) in [5, 5.41) is 0. The second-order valence-corrected chi connectivity index (χ2v) is 9.73. The highest BCUT2D eigenvalue weighted by molar-refractivity contribution is 6.22. The average Bonchev–Trinajstić information content (AvgIpc) is 3.34. The molecule has 3 atom stereocenters. The van der Waals surface area contributed by atoms with Gasteiger partial charge in [-0.2, -0.15) is 0 Å². The lowest BCUT2D eigenvalue weighted by Gasteiger charge is -2.20. The van der Waals surface area contributed by atoms with E-state index in [0.29, 0.717) is 29.8 Å². The zero-order chi connectivity index (χ0) is 24.9. The van der Waals surface area contributed by atoms with Crippen molar-refractivity contribution >= 4 is 35.1 Å². The summed E-state index contributed by atoms with van der Waals surface area (Å²) >= 11 is 0. The van der Waals surface area contributed by atoms with Crippen LogP contribution in [-0.4, -0.2) is 30.2 Å². The van der Waals surface area contributed by atoms with Gasteiger partial charge in [0.15, 0.2) is 0 Å². The van der Waals surface area contributed by atoms with Crippen LogP contribution in [0.5, 0.6) is 5.75 Å². The molecule has 2 aromatic carbocycles. The Balaban J connectivity index is 1.29. The molecule has 3 amide bonds. The van der Waals surface area contributed by atoms with E-state index in [4.69, 9.17) is 4.74 Å². The van der Waals surface area contributed by atoms with E-state index >= 15 is 0 Å². The number of aryl methyl sites for hydroxylation is 3. The van der Waals surface area contributed by atoms with Crippen LogP contribution in [0.3, 0.4) is 0 Å². The van der Waals surface area contributed by atoms with E-state index in [1.165, 1.54) is 4.90 Å². The van der Waals surface area contributed by atoms with Crippen LogP contribution in [0.15, 0.2) is 48.6 Å². The molecule has 0 saturated carbocycles. The number of carbonyl (C=O) groups is 4. The first-order valence-corrected chi connectivity index (χ1v) is 12.0. The van der Waals surface area contributed by atoms with Crippen LogP contribution < -0.4 is 14.5 Å². The summed E-state index contributed by atoms with van der Waals surface area (Å²) in [6, 6.07) is 10.8. The number of fused-ring (bicyclic) bond motifs is 1. The first-order chi connectivity index (χ1) is 16.7. The summed E-state index contributed by atoms with van der Waals surface area (Å²) in [5.74, 6) is -1.76. The predicted octanol–water partition coefficient (Wildman–Crippen LogP) is 4.03. The standard InChI is InChI=1S/C28H28N2O5/c1-16-8-9-17(2)24(12-16)29-15-19(14-25(29)31)28(34)35-20-10-11-23(18(3)13-20)30-26(32)21-6-4-5-7-22(21)27(30)33/h4-5,8-13,19,21-22H,6-7,14-15H2,1-3H3/t19-,21+,22+/m1/s1. The van der Waals surface area contributed by atoms with Crippen LogP contribution in [0.4, 0.5) is 11.4 Å². The van der Waals surface area contributed by atoms with Gasteiger partial charge in [0, 0.05) is 18.7 Å². The molecule has 3 aliphatic rings. The normalized spacial score (nSPS) is 23.7. The number of ether oxygens (including phenoxy) is 1. The maximum absolute atomic E-state index is 12.9. The summed E-state index contributed by atoms with van der Waals surface area (Å²) in [4.78, 5) is 54.3. The molecule has 2 aliphatic heterocycles. The van der Waals surface area contributed by atoms with E-state index in [2.05, 4.69) is 0 Å². The Morgan fingerprint density at radius 3 is 2.20 bits per heavy atom. The van der Waals surface area contributed by atoms with Gasteiger partial charge in [0.05, 0.1) is 23.4 Å². The second kappa shape index (κ2) is 8.80. The molecule has 0 aromatic heterocycles. The monoisotopic (exact) mass is 472 g/mol. The lowest BCUT2D eigenvalue weighted by atomic mass is 9.85. The smallest absolute Gasteiger partial charge is 0.316 e. The molecule has 5 rings (SSSR count). The summed E-state index contributed by atoms with van der Waals surface area (Å²) in [6.45, 7) is 5.97. The van der Waals surface area contributed by atoms with Gasteiger partial charge in [-0.3, -0.25) is 19.2 Å². The van der Waals surface area contributed by atoms with Crippen LogP contribution >= 0.6 is 0 Å². The molecular weight excluding hydrogens is 444 g/mol. The number of benzene rings is 2. The number of hydrogen-bond donors (Lipinski definition) is 0. The fraction of sp³-hybridized carbons (Fsp3) is 0.357. The molecule has 2 aromatic rings. The zero-order valence-electron chi connectivity index (χ0n) is 20.1. The lowest BCUT2D eigenvalue weighted by molar-refractivity contribution is -0.139. The van der Waals surface area contributed by atoms with Gasteiger partial charge < -0.3 is 9.64 Å². The summed E-state index contributed by atoms with van der Waals surface area (Å²) in [7, 11) is 0. The maximum Gasteiger partial charge on any atom is 0.316 e. The summed E-state index contributed by atoms with van der Waals surface area (Å²) in [5.41, 5.74) is 4.03. The van der Waals surface area contributed by atoms with E-state index in [-0.39, 0.29) is 42.5 Å². The molecule has 0 spiro atoms. The molecule has 2 heterocycles. The lowest BCUT2D eigenvalue weighted by Crippen LogP contribution is -2.31. The van der Waals surface area contributed by atoms with Crippen molar-refractivity contribution in [3.8, 4) is 5.75 Å². The summed E-state index contributed by atoms with van der Waals surface area (Å²) in [6.07, 6.45) is 5.18. The molecule has 35 heavy (non-hydrogen) atoms. The van der Waals surface area contributed by atoms with Gasteiger partial charge in [0.2, 0.25) is 17.7 Å². The Hall–Kier alpha value is -3.74. The van der Waals surface area contributed by atoms with Gasteiger partial charge in [-0.05, 0) is 74.6 Å². The van der Waals surface area contributed by atoms with Gasteiger partial charge in [-0.15, -0.1) is 0 Å². The molecule has 0 N–H and O–H groups in total. The van der Waals surface area contributed by atoms with Crippen LogP contribution in [0.25, 0.3) is 0 Å². The quantitative estimate of drug-likeness (QED) is 0.290. The molecule has 0 radical (unpaired) electrons. The number of allylic oxidation sites excluding steroid dienone is 2. The molecule has 0 unspecified atom stereocenters. The molecular formula is C28H28N2O5. The molecule has 7 heteroatoms. The minimum atomic E-state index is -0.570. The van der Waals surface area contributed by atoms with Crippen LogP contribution in [0, 0.1) is 38.5 Å². The minimum absolute atomic E-state index is 0.0941. The zero-order valence-corrected chi connectivity index (χ0v) is 20.1. The van der Waals surface area contributed by atoms with Crippen molar-refractivity contribution in [3.63, 3.8) is 0 Å². The molecule has 180 valence electrons. The van der Waals surface area contributed by atoms with Crippen molar-refractivity contribution in [1.82, 2.24) is 0 Å². The van der Waals surface area contributed by atoms with Crippen molar-refractivity contribution < 1.29 is 23.9 Å². The number of nitrogens with zero attached hydrogens (tertiary/aromatic N) is 2. The number of amides is 3. The molecule has 2 saturated heterocycles. The number of carbonyl (C=O) groups excluding carboxylic acids is 4. The second-order valence-electron chi connectivity index (χ2n) is 9.73. The highest BCUT2D eigenvalue weighted by Gasteiger charge is 2.48. The molecule has 7 nitrogen and oxygen atoms in total. The van der Waals surface area contributed by atoms with Gasteiger partial charge in [0.1, 0.15) is 5.75 Å². The van der Waals surface area contributed by atoms with E-state index in [1.807, 2.05) is 44.2 Å². The Labute approximate surface area is 204 Å². The average molecular weight is 473 g/mol. The number of rotatable bonds is 4. The van der Waals surface area contributed by atoms with Gasteiger partial charge >= 0.3 is 5.97 Å². The highest BCUT2D eigenvalue weighted by Crippen LogP contribution is 2.39. The number of esters is 1. The van der Waals surface area contributed by atoms with Crippen molar-refractivity contribution in [3.05, 3.63) is 65.2 Å². The van der Waals surface area contributed by atoms with Gasteiger partial charge in [-0.25, -0.2) is 4.90 Å². The van der Waals surface area contributed by atoms with E-state index in [1.54, 1.807) is 30.0 Å². The van der Waals surface area contributed by atoms with Gasteiger partial charge in [-0.1, -0.05) is 24.3 Å².